The van der Waals surface area contributed by atoms with Gasteiger partial charge in [0, 0.05) is 12.6 Å². The summed E-state index contributed by atoms with van der Waals surface area (Å²) in [6, 6.07) is 0.489. The minimum Gasteiger partial charge on any atom is -0.468 e. The third kappa shape index (κ3) is 3.78. The van der Waals surface area contributed by atoms with Crippen molar-refractivity contribution >= 4 is 5.97 Å². The minimum atomic E-state index is -0.579. The molecule has 21 heavy (non-hydrogen) atoms. The van der Waals surface area contributed by atoms with Gasteiger partial charge in [-0.2, -0.15) is 0 Å². The molecule has 3 aliphatic carbocycles. The zero-order valence-corrected chi connectivity index (χ0v) is 13.2. The van der Waals surface area contributed by atoms with Gasteiger partial charge in [-0.05, 0) is 50.4 Å². The first-order valence-electron chi connectivity index (χ1n) is 8.68. The maximum Gasteiger partial charge on any atom is 0.328 e. The highest BCUT2D eigenvalue weighted by Crippen LogP contribution is 2.42. The van der Waals surface area contributed by atoms with Crippen LogP contribution in [0.5, 0.6) is 0 Å². The molecule has 3 aliphatic rings. The van der Waals surface area contributed by atoms with E-state index in [-0.39, 0.29) is 5.97 Å². The van der Waals surface area contributed by atoms with Gasteiger partial charge in [-0.25, -0.2) is 4.79 Å². The van der Waals surface area contributed by atoms with Crippen LogP contribution >= 0.6 is 0 Å². The molecule has 0 aromatic heterocycles. The Labute approximate surface area is 127 Å². The molecule has 120 valence electrons. The number of esters is 1. The topological polar surface area (TPSA) is 47.6 Å². The molecule has 1 N–H and O–H groups in total. The molecule has 0 heterocycles. The van der Waals surface area contributed by atoms with E-state index in [1.807, 2.05) is 0 Å². The van der Waals surface area contributed by atoms with Gasteiger partial charge in [-0.3, -0.25) is 5.32 Å². The Bertz CT molecular complexity index is 359. The predicted molar refractivity (Wildman–Crippen MR) is 81.0 cm³/mol. The van der Waals surface area contributed by atoms with Gasteiger partial charge in [-0.1, -0.05) is 19.3 Å². The van der Waals surface area contributed by atoms with Crippen molar-refractivity contribution in [1.29, 1.82) is 0 Å². The summed E-state index contributed by atoms with van der Waals surface area (Å²) in [5.41, 5.74) is -0.579. The van der Waals surface area contributed by atoms with Crippen molar-refractivity contribution in [3.05, 3.63) is 0 Å². The Morgan fingerprint density at radius 2 is 1.81 bits per heavy atom. The fourth-order valence-electron chi connectivity index (χ4n) is 3.65. The quantitative estimate of drug-likeness (QED) is 0.699. The normalized spacial score (nSPS) is 26.3. The maximum atomic E-state index is 12.4. The van der Waals surface area contributed by atoms with E-state index in [9.17, 15) is 4.79 Å². The van der Waals surface area contributed by atoms with Crippen molar-refractivity contribution in [2.24, 2.45) is 11.8 Å². The fraction of sp³-hybridized carbons (Fsp3) is 0.941. The highest BCUT2D eigenvalue weighted by atomic mass is 16.5. The standard InChI is InChI=1S/C17H29NO3/c1-20-16(19)17(14-7-8-14,18-15-9-10-15)12-21-11-13-5-3-2-4-6-13/h13-15,18H,2-12H2,1H3. The molecule has 4 nitrogen and oxygen atoms in total. The van der Waals surface area contributed by atoms with Gasteiger partial charge in [0.2, 0.25) is 0 Å². The Morgan fingerprint density at radius 1 is 1.10 bits per heavy atom. The van der Waals surface area contributed by atoms with Crippen LogP contribution in [0.15, 0.2) is 0 Å². The molecule has 3 rings (SSSR count). The number of carbonyl (C=O) groups excluding carboxylic acids is 1. The van der Waals surface area contributed by atoms with Gasteiger partial charge in [-0.15, -0.1) is 0 Å². The number of nitrogens with one attached hydrogen (secondary N) is 1. The SMILES string of the molecule is COC(=O)C(COCC1CCCCC1)(NC1CC1)C1CC1. The van der Waals surface area contributed by atoms with Crippen molar-refractivity contribution in [2.45, 2.75) is 69.4 Å². The van der Waals surface area contributed by atoms with Crippen LogP contribution < -0.4 is 5.32 Å². The lowest BCUT2D eigenvalue weighted by molar-refractivity contribution is -0.153. The van der Waals surface area contributed by atoms with Crippen LogP contribution in [0.1, 0.15) is 57.8 Å². The van der Waals surface area contributed by atoms with Crippen LogP contribution in [-0.4, -0.2) is 37.9 Å². The molecule has 0 aromatic carbocycles. The molecular weight excluding hydrogens is 266 g/mol. The zero-order chi connectivity index (χ0) is 14.7. The van der Waals surface area contributed by atoms with Gasteiger partial charge in [0.15, 0.2) is 0 Å². The third-order valence-corrected chi connectivity index (χ3v) is 5.27. The second-order valence-corrected chi connectivity index (χ2v) is 7.17. The molecule has 0 aliphatic heterocycles. The fourth-order valence-corrected chi connectivity index (χ4v) is 3.65. The first-order chi connectivity index (χ1) is 10.2. The molecule has 1 atom stereocenters. The lowest BCUT2D eigenvalue weighted by Gasteiger charge is -2.33. The number of hydrogen-bond donors (Lipinski definition) is 1. The van der Waals surface area contributed by atoms with Gasteiger partial charge in [0.05, 0.1) is 13.7 Å². The van der Waals surface area contributed by atoms with E-state index in [0.717, 1.165) is 19.4 Å². The summed E-state index contributed by atoms with van der Waals surface area (Å²) in [4.78, 5) is 12.4. The molecule has 4 heteroatoms. The van der Waals surface area contributed by atoms with Crippen LogP contribution in [0.25, 0.3) is 0 Å². The highest BCUT2D eigenvalue weighted by Gasteiger charge is 2.54. The zero-order valence-electron chi connectivity index (χ0n) is 13.2. The lowest BCUT2D eigenvalue weighted by Crippen LogP contribution is -2.59. The summed E-state index contributed by atoms with van der Waals surface area (Å²) in [6.07, 6.45) is 11.2. The molecule has 0 amide bonds. The van der Waals surface area contributed by atoms with Gasteiger partial charge < -0.3 is 9.47 Å². The van der Waals surface area contributed by atoms with Crippen molar-refractivity contribution in [2.75, 3.05) is 20.3 Å². The maximum absolute atomic E-state index is 12.4. The van der Waals surface area contributed by atoms with Crippen molar-refractivity contribution in [3.8, 4) is 0 Å². The minimum absolute atomic E-state index is 0.124. The highest BCUT2D eigenvalue weighted by molar-refractivity contribution is 5.82. The van der Waals surface area contributed by atoms with Crippen LogP contribution in [0.3, 0.4) is 0 Å². The van der Waals surface area contributed by atoms with E-state index < -0.39 is 5.54 Å². The van der Waals surface area contributed by atoms with Crippen molar-refractivity contribution in [1.82, 2.24) is 5.32 Å². The smallest absolute Gasteiger partial charge is 0.328 e. The Kier molecular flexibility index (Phi) is 4.85. The summed E-state index contributed by atoms with van der Waals surface area (Å²) in [6.45, 7) is 1.29. The summed E-state index contributed by atoms with van der Waals surface area (Å²) in [5.74, 6) is 0.965. The Hall–Kier alpha value is -0.610. The van der Waals surface area contributed by atoms with Crippen LogP contribution in [-0.2, 0) is 14.3 Å². The van der Waals surface area contributed by atoms with E-state index in [0.29, 0.717) is 24.5 Å². The number of ether oxygens (including phenoxy) is 2. The van der Waals surface area contributed by atoms with E-state index in [4.69, 9.17) is 9.47 Å². The van der Waals surface area contributed by atoms with Crippen LogP contribution in [0.4, 0.5) is 0 Å². The molecule has 0 aromatic rings. The van der Waals surface area contributed by atoms with Crippen molar-refractivity contribution < 1.29 is 14.3 Å². The lowest BCUT2D eigenvalue weighted by atomic mass is 9.90. The number of rotatable bonds is 8. The molecule has 3 saturated carbocycles. The first kappa shape index (κ1) is 15.3. The molecule has 0 spiro atoms. The van der Waals surface area contributed by atoms with E-state index in [2.05, 4.69) is 5.32 Å². The summed E-state index contributed by atoms with van der Waals surface area (Å²) >= 11 is 0. The predicted octanol–water partition coefficient (Wildman–Crippen LogP) is 2.66. The molecule has 3 fully saturated rings. The monoisotopic (exact) mass is 295 g/mol. The van der Waals surface area contributed by atoms with Gasteiger partial charge in [0.25, 0.3) is 0 Å². The average Bonchev–Trinajstić information content (AvgIpc) is 3.39. The summed E-state index contributed by atoms with van der Waals surface area (Å²) in [7, 11) is 1.50. The Balaban J connectivity index is 1.56. The number of methoxy groups -OCH3 is 1. The third-order valence-electron chi connectivity index (χ3n) is 5.27. The summed E-state index contributed by atoms with van der Waals surface area (Å²) in [5, 5.41) is 3.56. The van der Waals surface area contributed by atoms with E-state index in [1.54, 1.807) is 0 Å². The van der Waals surface area contributed by atoms with Crippen molar-refractivity contribution in [3.63, 3.8) is 0 Å². The molecule has 0 saturated heterocycles. The first-order valence-corrected chi connectivity index (χ1v) is 8.68. The Morgan fingerprint density at radius 3 is 2.38 bits per heavy atom. The van der Waals surface area contributed by atoms with Crippen LogP contribution in [0, 0.1) is 11.8 Å². The van der Waals surface area contributed by atoms with Gasteiger partial charge in [0.1, 0.15) is 5.54 Å². The second kappa shape index (κ2) is 6.66. The second-order valence-electron chi connectivity index (χ2n) is 7.17. The molecule has 0 bridgehead atoms. The number of hydrogen-bond acceptors (Lipinski definition) is 4. The van der Waals surface area contributed by atoms with Gasteiger partial charge >= 0.3 is 5.97 Å². The average molecular weight is 295 g/mol. The van der Waals surface area contributed by atoms with Crippen LogP contribution in [0.2, 0.25) is 0 Å². The van der Waals surface area contributed by atoms with E-state index >= 15 is 0 Å². The largest absolute Gasteiger partial charge is 0.468 e. The molecule has 0 radical (unpaired) electrons. The van der Waals surface area contributed by atoms with E-state index in [1.165, 1.54) is 52.1 Å². The molecule has 1 unspecified atom stereocenters. The summed E-state index contributed by atoms with van der Waals surface area (Å²) < 4.78 is 11.1. The number of carbonyl (C=O) groups is 1. The molecular formula is C17H29NO3.